The second-order valence-corrected chi connectivity index (χ2v) is 7.46. The van der Waals surface area contributed by atoms with Crippen molar-refractivity contribution in [1.29, 1.82) is 0 Å². The van der Waals surface area contributed by atoms with Crippen LogP contribution in [0.1, 0.15) is 16.7 Å². The quantitative estimate of drug-likeness (QED) is 0.892. The zero-order chi connectivity index (χ0) is 17.3. The molecule has 0 aliphatic carbocycles. The topological polar surface area (TPSA) is 76.1 Å². The molecule has 0 unspecified atom stereocenters. The summed E-state index contributed by atoms with van der Waals surface area (Å²) in [6.45, 7) is 0.374. The molecule has 1 heterocycles. The maximum Gasteiger partial charge on any atom is 0.244 e. The zero-order valence-corrected chi connectivity index (χ0v) is 14.3. The van der Waals surface area contributed by atoms with Crippen molar-refractivity contribution in [1.82, 2.24) is 4.31 Å². The van der Waals surface area contributed by atoms with Crippen LogP contribution in [-0.2, 0) is 29.7 Å². The molecule has 0 fully saturated rings. The second-order valence-electron chi connectivity index (χ2n) is 5.55. The van der Waals surface area contributed by atoms with E-state index in [1.807, 2.05) is 0 Å². The highest BCUT2D eigenvalue weighted by molar-refractivity contribution is 7.89. The monoisotopic (exact) mass is 349 g/mol. The van der Waals surface area contributed by atoms with Crippen LogP contribution in [0.3, 0.4) is 0 Å². The summed E-state index contributed by atoms with van der Waals surface area (Å²) in [4.78, 5) is 0.298. The van der Waals surface area contributed by atoms with Gasteiger partial charge in [0, 0.05) is 24.7 Å². The molecule has 3 rings (SSSR count). The number of aliphatic hydroxyl groups excluding tert-OH is 1. The van der Waals surface area contributed by atoms with Crippen LogP contribution in [0.4, 0.5) is 0 Å². The Kier molecular flexibility index (Phi) is 4.49. The molecule has 0 bridgehead atoms. The number of nitrogens with zero attached hydrogens (tertiary/aromatic N) is 1. The highest BCUT2D eigenvalue weighted by Crippen LogP contribution is 2.34. The van der Waals surface area contributed by atoms with Crippen molar-refractivity contribution < 1.29 is 23.0 Å². The van der Waals surface area contributed by atoms with E-state index in [4.69, 9.17) is 9.47 Å². The van der Waals surface area contributed by atoms with E-state index in [-0.39, 0.29) is 19.7 Å². The van der Waals surface area contributed by atoms with Gasteiger partial charge in [0.05, 0.1) is 25.7 Å². The maximum absolute atomic E-state index is 12.7. The van der Waals surface area contributed by atoms with Crippen LogP contribution in [0, 0.1) is 0 Å². The number of benzene rings is 2. The number of fused-ring (bicyclic) bond motifs is 1. The molecular formula is C17H19NO5S. The maximum atomic E-state index is 12.7. The molecule has 7 heteroatoms. The van der Waals surface area contributed by atoms with E-state index in [0.29, 0.717) is 27.5 Å². The lowest BCUT2D eigenvalue weighted by Gasteiger charge is -2.17. The summed E-state index contributed by atoms with van der Waals surface area (Å²) in [6.07, 6.45) is 0. The van der Waals surface area contributed by atoms with Gasteiger partial charge >= 0.3 is 0 Å². The molecule has 1 N–H and O–H groups in total. The Balaban J connectivity index is 1.92. The highest BCUT2D eigenvalue weighted by Gasteiger charge is 2.35. The summed E-state index contributed by atoms with van der Waals surface area (Å²) >= 11 is 0. The zero-order valence-electron chi connectivity index (χ0n) is 13.5. The molecule has 1 aliphatic rings. The molecule has 1 aliphatic heterocycles. The van der Waals surface area contributed by atoms with Crippen LogP contribution in [0.25, 0.3) is 0 Å². The van der Waals surface area contributed by atoms with Gasteiger partial charge in [-0.2, -0.15) is 4.31 Å². The number of sulfonamides is 1. The predicted molar refractivity (Wildman–Crippen MR) is 88.3 cm³/mol. The lowest BCUT2D eigenvalue weighted by atomic mass is 10.1. The third-order valence-corrected chi connectivity index (χ3v) is 6.01. The first-order chi connectivity index (χ1) is 11.5. The van der Waals surface area contributed by atoms with E-state index in [2.05, 4.69) is 0 Å². The summed E-state index contributed by atoms with van der Waals surface area (Å²) in [5.74, 6) is 1.23. The van der Waals surface area contributed by atoms with E-state index < -0.39 is 10.0 Å². The fourth-order valence-electron chi connectivity index (χ4n) is 2.83. The summed E-state index contributed by atoms with van der Waals surface area (Å²) < 4.78 is 37.3. The Morgan fingerprint density at radius 3 is 2.58 bits per heavy atom. The summed E-state index contributed by atoms with van der Waals surface area (Å²) in [6, 6.07) is 10.2. The third kappa shape index (κ3) is 2.86. The first kappa shape index (κ1) is 16.8. The molecule has 0 radical (unpaired) electrons. The average Bonchev–Trinajstić information content (AvgIpc) is 2.85. The van der Waals surface area contributed by atoms with Crippen LogP contribution in [0.5, 0.6) is 11.5 Å². The standard InChI is InChI=1S/C17H19NO5S/c1-22-15-5-4-13(16(8-15)23-2)9-18-10-14-7-12(11-19)3-6-17(14)24(18,20)21/h3-8,19H,9-11H2,1-2H3. The predicted octanol–water partition coefficient (Wildman–Crippen LogP) is 1.90. The van der Waals surface area contributed by atoms with Crippen molar-refractivity contribution in [2.24, 2.45) is 0 Å². The van der Waals surface area contributed by atoms with E-state index in [1.54, 1.807) is 50.6 Å². The molecule has 0 aromatic heterocycles. The molecule has 2 aromatic rings. The summed E-state index contributed by atoms with van der Waals surface area (Å²) in [7, 11) is -0.440. The van der Waals surface area contributed by atoms with Gasteiger partial charge in [0.15, 0.2) is 0 Å². The van der Waals surface area contributed by atoms with Crippen molar-refractivity contribution in [3.63, 3.8) is 0 Å². The number of hydrogen-bond donors (Lipinski definition) is 1. The number of ether oxygens (including phenoxy) is 2. The van der Waals surface area contributed by atoms with Crippen molar-refractivity contribution in [2.45, 2.75) is 24.6 Å². The second kappa shape index (κ2) is 6.43. The summed E-state index contributed by atoms with van der Waals surface area (Å²) in [5, 5.41) is 9.23. The smallest absolute Gasteiger partial charge is 0.244 e. The minimum Gasteiger partial charge on any atom is -0.497 e. The molecule has 0 saturated carbocycles. The largest absolute Gasteiger partial charge is 0.497 e. The Bertz CT molecular complexity index is 863. The minimum absolute atomic E-state index is 0.111. The van der Waals surface area contributed by atoms with Gasteiger partial charge in [-0.25, -0.2) is 8.42 Å². The molecule has 2 aromatic carbocycles. The minimum atomic E-state index is -3.55. The molecule has 6 nitrogen and oxygen atoms in total. The van der Waals surface area contributed by atoms with Crippen molar-refractivity contribution in [3.05, 3.63) is 53.1 Å². The molecule has 128 valence electrons. The molecule has 0 atom stereocenters. The van der Waals surface area contributed by atoms with Crippen LogP contribution >= 0.6 is 0 Å². The van der Waals surface area contributed by atoms with Crippen molar-refractivity contribution in [3.8, 4) is 11.5 Å². The molecule has 0 spiro atoms. The van der Waals surface area contributed by atoms with E-state index in [0.717, 1.165) is 5.56 Å². The van der Waals surface area contributed by atoms with E-state index in [1.165, 1.54) is 4.31 Å². The average molecular weight is 349 g/mol. The van der Waals surface area contributed by atoms with Crippen LogP contribution in [-0.4, -0.2) is 32.0 Å². The van der Waals surface area contributed by atoms with Crippen molar-refractivity contribution in [2.75, 3.05) is 14.2 Å². The first-order valence-electron chi connectivity index (χ1n) is 7.43. The molecule has 0 amide bonds. The van der Waals surface area contributed by atoms with Gasteiger partial charge in [-0.15, -0.1) is 0 Å². The van der Waals surface area contributed by atoms with Gasteiger partial charge in [0.1, 0.15) is 11.5 Å². The Hall–Kier alpha value is -2.09. The number of hydrogen-bond acceptors (Lipinski definition) is 5. The first-order valence-corrected chi connectivity index (χ1v) is 8.87. The Morgan fingerprint density at radius 2 is 1.92 bits per heavy atom. The van der Waals surface area contributed by atoms with Gasteiger partial charge in [0.25, 0.3) is 0 Å². The van der Waals surface area contributed by atoms with Crippen molar-refractivity contribution >= 4 is 10.0 Å². The number of methoxy groups -OCH3 is 2. The van der Waals surface area contributed by atoms with Gasteiger partial charge in [-0.1, -0.05) is 18.2 Å². The normalized spacial score (nSPS) is 16.0. The van der Waals surface area contributed by atoms with Crippen LogP contribution in [0.2, 0.25) is 0 Å². The number of aliphatic hydroxyl groups is 1. The fourth-order valence-corrected chi connectivity index (χ4v) is 4.42. The van der Waals surface area contributed by atoms with Gasteiger partial charge in [-0.05, 0) is 23.3 Å². The van der Waals surface area contributed by atoms with Crippen LogP contribution < -0.4 is 9.47 Å². The van der Waals surface area contributed by atoms with Gasteiger partial charge in [0.2, 0.25) is 10.0 Å². The molecule has 24 heavy (non-hydrogen) atoms. The Labute approximate surface area is 141 Å². The summed E-state index contributed by atoms with van der Waals surface area (Å²) in [5.41, 5.74) is 2.17. The fraction of sp³-hybridized carbons (Fsp3) is 0.294. The van der Waals surface area contributed by atoms with Gasteiger partial charge in [-0.3, -0.25) is 0 Å². The van der Waals surface area contributed by atoms with Gasteiger partial charge < -0.3 is 14.6 Å². The van der Waals surface area contributed by atoms with Crippen LogP contribution in [0.15, 0.2) is 41.3 Å². The van der Waals surface area contributed by atoms with E-state index >= 15 is 0 Å². The highest BCUT2D eigenvalue weighted by atomic mass is 32.2. The third-order valence-electron chi connectivity index (χ3n) is 4.11. The lowest BCUT2D eigenvalue weighted by molar-refractivity contribution is 0.281. The molecular weight excluding hydrogens is 330 g/mol. The number of rotatable bonds is 5. The lowest BCUT2D eigenvalue weighted by Crippen LogP contribution is -2.24. The Morgan fingerprint density at radius 1 is 1.12 bits per heavy atom. The SMILES string of the molecule is COc1ccc(CN2Cc3cc(CO)ccc3S2(=O)=O)c(OC)c1. The molecule has 0 saturated heterocycles. The van der Waals surface area contributed by atoms with E-state index in [9.17, 15) is 13.5 Å².